The van der Waals surface area contributed by atoms with Gasteiger partial charge in [-0.3, -0.25) is 0 Å². The highest BCUT2D eigenvalue weighted by molar-refractivity contribution is 7.25. The van der Waals surface area contributed by atoms with Gasteiger partial charge >= 0.3 is 0 Å². The van der Waals surface area contributed by atoms with Gasteiger partial charge in [0.05, 0.1) is 0 Å². The van der Waals surface area contributed by atoms with Gasteiger partial charge in [0.25, 0.3) is 0 Å². The second-order valence-electron chi connectivity index (χ2n) is 33.3. The predicted octanol–water partition coefficient (Wildman–Crippen LogP) is 41.6. The molecule has 0 saturated heterocycles. The summed E-state index contributed by atoms with van der Waals surface area (Å²) in [5.74, 6) is 0. The predicted molar refractivity (Wildman–Crippen MR) is 568 cm³/mol. The second kappa shape index (κ2) is 82.9. The largest absolute Gasteiger partial charge is 0.456 e. The fourth-order valence-electron chi connectivity index (χ4n) is 8.48. The Morgan fingerprint density at radius 2 is 0.339 bits per heavy atom. The van der Waals surface area contributed by atoms with Crippen LogP contribution in [0.25, 0.3) is 53.2 Å². The topological polar surface area (TPSA) is 13.1 Å². The highest BCUT2D eigenvalue weighted by atomic mass is 32.1. The molecule has 1 aliphatic carbocycles. The second-order valence-corrected chi connectivity index (χ2v) is 34.4. The zero-order valence-electron chi connectivity index (χ0n) is 85.4. The van der Waals surface area contributed by atoms with E-state index in [9.17, 15) is 0 Å². The van der Waals surface area contributed by atoms with Crippen molar-refractivity contribution in [2.24, 2.45) is 27.1 Å². The van der Waals surface area contributed by atoms with Crippen molar-refractivity contribution in [2.75, 3.05) is 0 Å². The molecule has 0 N–H and O–H groups in total. The molecule has 0 radical (unpaired) electrons. The molecule has 2 aromatic heterocycles. The molecule has 0 fully saturated rings. The molecule has 121 heavy (non-hydrogen) atoms. The molecular formula is C119H182OS. The first-order chi connectivity index (χ1) is 57.5. The first-order valence-electron chi connectivity index (χ1n) is 45.4. The van der Waals surface area contributed by atoms with E-state index in [1.165, 1.54) is 58.8 Å². The minimum Gasteiger partial charge on any atom is -0.456 e. The molecule has 0 unspecified atom stereocenters. The number of para-hydroxylation sites is 2. The minimum atomic E-state index is 0.160. The van der Waals surface area contributed by atoms with Crippen LogP contribution in [0, 0.1) is 34.0 Å². The van der Waals surface area contributed by atoms with E-state index in [4.69, 9.17) is 4.42 Å². The van der Waals surface area contributed by atoms with Crippen molar-refractivity contribution in [3.8, 4) is 11.1 Å². The highest BCUT2D eigenvalue weighted by Crippen LogP contribution is 2.48. The lowest BCUT2D eigenvalue weighted by atomic mass is 9.82. The van der Waals surface area contributed by atoms with Crippen LogP contribution in [0.3, 0.4) is 0 Å². The number of aryl methyl sites for hydroxylation is 1. The molecule has 12 aromatic carbocycles. The first kappa shape index (κ1) is 127. The molecule has 1 nitrogen and oxygen atoms in total. The van der Waals surface area contributed by atoms with E-state index in [1.807, 2.05) is 373 Å². The number of hydrogen-bond donors (Lipinski definition) is 0. The van der Waals surface area contributed by atoms with Crippen LogP contribution in [0.15, 0.2) is 362 Å². The third-order valence-corrected chi connectivity index (χ3v) is 13.5. The van der Waals surface area contributed by atoms with Gasteiger partial charge in [-0.05, 0) is 80.5 Å². The van der Waals surface area contributed by atoms with Gasteiger partial charge in [-0.2, -0.15) is 0 Å². The third-order valence-electron chi connectivity index (χ3n) is 12.3. The van der Waals surface area contributed by atoms with Crippen LogP contribution < -0.4 is 0 Å². The summed E-state index contributed by atoms with van der Waals surface area (Å²) >= 11 is 1.86. The number of hydrogen-bond acceptors (Lipinski definition) is 2. The Kier molecular flexibility index (Phi) is 87.2. The van der Waals surface area contributed by atoms with Crippen LogP contribution in [0.1, 0.15) is 294 Å². The minimum absolute atomic E-state index is 0.160. The van der Waals surface area contributed by atoms with E-state index >= 15 is 0 Å². The Bertz CT molecular complexity index is 3610. The summed E-state index contributed by atoms with van der Waals surface area (Å²) < 4.78 is 8.41. The molecule has 0 spiro atoms. The molecule has 670 valence electrons. The molecular weight excluding hydrogens is 1480 g/mol. The van der Waals surface area contributed by atoms with Crippen molar-refractivity contribution in [2.45, 2.75) is 289 Å². The lowest BCUT2D eigenvalue weighted by Gasteiger charge is -2.20. The zero-order chi connectivity index (χ0) is 94.6. The normalized spacial score (nSPS) is 9.76. The maximum absolute atomic E-state index is 5.65. The summed E-state index contributed by atoms with van der Waals surface area (Å²) in [4.78, 5) is 0. The molecule has 2 heteroatoms. The van der Waals surface area contributed by atoms with Crippen LogP contribution in [0.4, 0.5) is 0 Å². The maximum atomic E-state index is 5.65. The van der Waals surface area contributed by atoms with E-state index in [1.54, 1.807) is 0 Å². The van der Waals surface area contributed by atoms with E-state index in [0.29, 0.717) is 27.1 Å². The van der Waals surface area contributed by atoms with E-state index in [0.717, 1.165) is 11.2 Å². The third kappa shape index (κ3) is 81.4. The molecule has 15 rings (SSSR count). The summed E-state index contributed by atoms with van der Waals surface area (Å²) in [6.45, 7) is 86.4. The Morgan fingerprint density at radius 3 is 0.529 bits per heavy atom. The highest BCUT2D eigenvalue weighted by Gasteiger charge is 2.34. The lowest BCUT2D eigenvalue weighted by molar-refractivity contribution is 0.469. The summed E-state index contributed by atoms with van der Waals surface area (Å²) in [6, 6.07) is 121. The quantitative estimate of drug-likeness (QED) is 0.147. The average Bonchev–Trinajstić information content (AvgIpc) is 1.60. The van der Waals surface area contributed by atoms with Crippen LogP contribution >= 0.6 is 11.3 Å². The van der Waals surface area contributed by atoms with Gasteiger partial charge in [-0.15, -0.1) is 11.3 Å². The SMILES string of the molecule is CC.CC.CC.CC.CC.CC.CC.CC.CC.CC(C)(C)C.CC(C)(C)C.CC(C)(C)C.CC(C)(C)C.CC(C)(C)C.CC1(C)c2ccccc2-c2ccccc21.Cc1ccccc1.c1ccc2c(c1)oc1ccccc12.c1ccc2c(c1)sc1ccccc12.c1ccccc1.c1ccccc1.c1ccccc1.c1ccccc1.c1ccccc1. The smallest absolute Gasteiger partial charge is 0.135 e. The van der Waals surface area contributed by atoms with Gasteiger partial charge in [-0.1, -0.05) is 616 Å². The Labute approximate surface area is 754 Å². The number of rotatable bonds is 0. The van der Waals surface area contributed by atoms with Crippen molar-refractivity contribution < 1.29 is 4.42 Å². The van der Waals surface area contributed by atoms with Crippen molar-refractivity contribution in [3.05, 3.63) is 375 Å². The number of benzene rings is 12. The average molecular weight is 1660 g/mol. The van der Waals surface area contributed by atoms with Crippen molar-refractivity contribution in [1.29, 1.82) is 0 Å². The maximum Gasteiger partial charge on any atom is 0.135 e. The Balaban J connectivity index is -0.000000190. The molecule has 14 aromatic rings. The number of fused-ring (bicyclic) bond motifs is 9. The van der Waals surface area contributed by atoms with Crippen LogP contribution in [-0.4, -0.2) is 0 Å². The van der Waals surface area contributed by atoms with E-state index in [-0.39, 0.29) is 5.41 Å². The molecule has 0 amide bonds. The van der Waals surface area contributed by atoms with Gasteiger partial charge in [-0.25, -0.2) is 0 Å². The molecule has 2 heterocycles. The summed E-state index contributed by atoms with van der Waals surface area (Å²) in [7, 11) is 0. The van der Waals surface area contributed by atoms with Crippen LogP contribution in [-0.2, 0) is 5.41 Å². The van der Waals surface area contributed by atoms with Crippen LogP contribution in [0.2, 0.25) is 0 Å². The molecule has 0 saturated carbocycles. The fourth-order valence-corrected chi connectivity index (χ4v) is 9.59. The van der Waals surface area contributed by atoms with Crippen molar-refractivity contribution in [1.82, 2.24) is 0 Å². The summed E-state index contributed by atoms with van der Waals surface area (Å²) in [6.07, 6.45) is 0. The molecule has 0 atom stereocenters. The van der Waals surface area contributed by atoms with Gasteiger partial charge in [0, 0.05) is 36.4 Å². The van der Waals surface area contributed by atoms with Crippen molar-refractivity contribution >= 4 is 53.4 Å². The zero-order valence-corrected chi connectivity index (χ0v) is 86.2. The van der Waals surface area contributed by atoms with Gasteiger partial charge in [0.15, 0.2) is 0 Å². The van der Waals surface area contributed by atoms with Gasteiger partial charge in [0.2, 0.25) is 0 Å². The first-order valence-corrected chi connectivity index (χ1v) is 46.3. The standard InChI is InChI=1S/C15H14.C12H8O.C12H8S.C7H8.5C6H6.5C5H12.9C2H6/c1-15(2)13-9-5-3-7-11(13)12-8-4-6-10-14(12)15;2*1-3-7-11-9(5-1)10-6-2-4-8-12(10)13-11;1-7-5-3-2-4-6-7;5*1-2-4-6-5-3-1;5*1-5(2,3)4;9*1-2/h3-10H,1-2H3;2*1-8H;2-6H,1H3;5*1-6H;5*1-4H3;9*1-2H3. The van der Waals surface area contributed by atoms with Crippen LogP contribution in [0.5, 0.6) is 0 Å². The fraction of sp³-hybridized carbons (Fsp3) is 0.395. The van der Waals surface area contributed by atoms with Crippen molar-refractivity contribution in [3.63, 3.8) is 0 Å². The van der Waals surface area contributed by atoms with Gasteiger partial charge in [0.1, 0.15) is 11.2 Å². The molecule has 0 bridgehead atoms. The van der Waals surface area contributed by atoms with E-state index in [2.05, 4.69) is 281 Å². The summed E-state index contributed by atoms with van der Waals surface area (Å²) in [5.41, 5.74) is 11.6. The summed E-state index contributed by atoms with van der Waals surface area (Å²) in [5, 5.41) is 5.14. The lowest BCUT2D eigenvalue weighted by Crippen LogP contribution is -2.14. The number of furan rings is 1. The van der Waals surface area contributed by atoms with E-state index < -0.39 is 0 Å². The molecule has 0 aliphatic heterocycles. The number of thiophene rings is 1. The Hall–Kier alpha value is -9.34. The Morgan fingerprint density at radius 1 is 0.190 bits per heavy atom. The molecule has 1 aliphatic rings. The van der Waals surface area contributed by atoms with Gasteiger partial charge < -0.3 is 4.42 Å². The monoisotopic (exact) mass is 1660 g/mol.